The molecule has 3 nitrogen and oxygen atoms in total. The van der Waals surface area contributed by atoms with Crippen LogP contribution in [0.1, 0.15) is 29.4 Å². The minimum Gasteiger partial charge on any atom is -0.453 e. The summed E-state index contributed by atoms with van der Waals surface area (Å²) >= 11 is 4.97. The highest BCUT2D eigenvalue weighted by Gasteiger charge is 2.09. The molecule has 2 rings (SSSR count). The van der Waals surface area contributed by atoms with Crippen molar-refractivity contribution >= 4 is 27.3 Å². The lowest BCUT2D eigenvalue weighted by Crippen LogP contribution is -2.17. The van der Waals surface area contributed by atoms with Crippen LogP contribution in [0.25, 0.3) is 0 Å². The summed E-state index contributed by atoms with van der Waals surface area (Å²) in [7, 11) is 0. The van der Waals surface area contributed by atoms with Gasteiger partial charge in [-0.2, -0.15) is 0 Å². The molecule has 0 fully saturated rings. The largest absolute Gasteiger partial charge is 0.453 e. The van der Waals surface area contributed by atoms with E-state index in [1.807, 2.05) is 19.1 Å². The number of furan rings is 1. The molecule has 2 heterocycles. The maximum atomic E-state index is 5.41. The third kappa shape index (κ3) is 2.93. The maximum Gasteiger partial charge on any atom is 0.169 e. The molecule has 0 amide bonds. The summed E-state index contributed by atoms with van der Waals surface area (Å²) in [5.74, 6) is 0.923. The molecule has 16 heavy (non-hydrogen) atoms. The van der Waals surface area contributed by atoms with Crippen molar-refractivity contribution in [3.8, 4) is 0 Å². The lowest BCUT2D eigenvalue weighted by molar-refractivity contribution is 0.446. The van der Waals surface area contributed by atoms with Crippen LogP contribution in [0.5, 0.6) is 0 Å². The minimum absolute atomic E-state index is 0.252. The Hall–Kier alpha value is -0.650. The van der Waals surface area contributed by atoms with Crippen molar-refractivity contribution in [3.05, 3.63) is 38.6 Å². The molecular formula is C11H13BrN2OS. The molecule has 2 aromatic heterocycles. The number of aromatic nitrogens is 1. The molecule has 0 radical (unpaired) electrons. The second-order valence-corrected chi connectivity index (χ2v) is 5.31. The first-order valence-corrected chi connectivity index (χ1v) is 6.72. The van der Waals surface area contributed by atoms with Crippen LogP contribution < -0.4 is 5.32 Å². The Morgan fingerprint density at radius 2 is 2.38 bits per heavy atom. The number of aryl methyl sites for hydroxylation is 1. The van der Waals surface area contributed by atoms with Gasteiger partial charge in [0, 0.05) is 11.1 Å². The molecule has 5 heteroatoms. The van der Waals surface area contributed by atoms with Gasteiger partial charge in [0.2, 0.25) is 0 Å². The topological polar surface area (TPSA) is 38.1 Å². The highest BCUT2D eigenvalue weighted by atomic mass is 79.9. The fourth-order valence-electron chi connectivity index (χ4n) is 1.36. The summed E-state index contributed by atoms with van der Waals surface area (Å²) < 4.78 is 6.18. The zero-order valence-electron chi connectivity index (χ0n) is 9.16. The monoisotopic (exact) mass is 300 g/mol. The molecule has 0 spiro atoms. The van der Waals surface area contributed by atoms with Gasteiger partial charge < -0.3 is 9.73 Å². The van der Waals surface area contributed by atoms with E-state index in [9.17, 15) is 0 Å². The Morgan fingerprint density at radius 3 is 2.94 bits per heavy atom. The number of nitrogens with one attached hydrogen (secondary N) is 1. The lowest BCUT2D eigenvalue weighted by Gasteiger charge is -2.09. The van der Waals surface area contributed by atoms with Crippen molar-refractivity contribution in [1.82, 2.24) is 10.3 Å². The third-order valence-electron chi connectivity index (χ3n) is 2.22. The molecule has 1 atom stereocenters. The zero-order chi connectivity index (χ0) is 11.5. The van der Waals surface area contributed by atoms with Crippen LogP contribution in [-0.2, 0) is 6.54 Å². The van der Waals surface area contributed by atoms with E-state index in [-0.39, 0.29) is 6.04 Å². The van der Waals surface area contributed by atoms with Gasteiger partial charge in [0.15, 0.2) is 4.67 Å². The SMILES string of the molecule is Cc1csc(C(C)NCc2ccc(Br)o2)n1. The summed E-state index contributed by atoms with van der Waals surface area (Å²) in [5, 5.41) is 6.56. The molecule has 0 aromatic carbocycles. The van der Waals surface area contributed by atoms with E-state index in [1.54, 1.807) is 11.3 Å². The fraction of sp³-hybridized carbons (Fsp3) is 0.364. The molecule has 0 aliphatic heterocycles. The first kappa shape index (κ1) is 11.8. The number of halogens is 1. The first-order chi connectivity index (χ1) is 7.65. The van der Waals surface area contributed by atoms with Crippen molar-refractivity contribution < 1.29 is 4.42 Å². The average molecular weight is 301 g/mol. The average Bonchev–Trinajstić information content (AvgIpc) is 2.84. The lowest BCUT2D eigenvalue weighted by atomic mass is 10.3. The Morgan fingerprint density at radius 1 is 1.56 bits per heavy atom. The maximum absolute atomic E-state index is 5.41. The first-order valence-electron chi connectivity index (χ1n) is 5.05. The fourth-order valence-corrected chi connectivity index (χ4v) is 2.53. The number of rotatable bonds is 4. The second-order valence-electron chi connectivity index (χ2n) is 3.64. The third-order valence-corrected chi connectivity index (χ3v) is 3.79. The molecular weight excluding hydrogens is 288 g/mol. The van der Waals surface area contributed by atoms with Crippen molar-refractivity contribution in [1.29, 1.82) is 0 Å². The van der Waals surface area contributed by atoms with Gasteiger partial charge in [-0.1, -0.05) is 0 Å². The highest BCUT2D eigenvalue weighted by Crippen LogP contribution is 2.19. The van der Waals surface area contributed by atoms with Gasteiger partial charge in [-0.15, -0.1) is 11.3 Å². The van der Waals surface area contributed by atoms with Gasteiger partial charge in [-0.05, 0) is 41.9 Å². The number of hydrogen-bond donors (Lipinski definition) is 1. The van der Waals surface area contributed by atoms with E-state index < -0.39 is 0 Å². The van der Waals surface area contributed by atoms with Crippen molar-refractivity contribution in [2.24, 2.45) is 0 Å². The summed E-state index contributed by atoms with van der Waals surface area (Å²) in [5.41, 5.74) is 1.08. The van der Waals surface area contributed by atoms with E-state index in [0.717, 1.165) is 21.1 Å². The van der Waals surface area contributed by atoms with Gasteiger partial charge in [-0.3, -0.25) is 0 Å². The number of hydrogen-bond acceptors (Lipinski definition) is 4. The van der Waals surface area contributed by atoms with Crippen LogP contribution >= 0.6 is 27.3 Å². The van der Waals surface area contributed by atoms with Gasteiger partial charge in [0.25, 0.3) is 0 Å². The summed E-state index contributed by atoms with van der Waals surface area (Å²) in [6.07, 6.45) is 0. The van der Waals surface area contributed by atoms with Crippen molar-refractivity contribution in [2.45, 2.75) is 26.4 Å². The van der Waals surface area contributed by atoms with Crippen LogP contribution in [-0.4, -0.2) is 4.98 Å². The highest BCUT2D eigenvalue weighted by molar-refractivity contribution is 9.10. The van der Waals surface area contributed by atoms with Gasteiger partial charge >= 0.3 is 0 Å². The predicted octanol–water partition coefficient (Wildman–Crippen LogP) is 3.66. The van der Waals surface area contributed by atoms with Crippen LogP contribution in [0.2, 0.25) is 0 Å². The Bertz CT molecular complexity index is 466. The Kier molecular flexibility index (Phi) is 3.78. The summed E-state index contributed by atoms with van der Waals surface area (Å²) in [4.78, 5) is 4.44. The Balaban J connectivity index is 1.91. The predicted molar refractivity (Wildman–Crippen MR) is 68.5 cm³/mol. The van der Waals surface area contributed by atoms with E-state index in [1.165, 1.54) is 0 Å². The van der Waals surface area contributed by atoms with Crippen molar-refractivity contribution in [3.63, 3.8) is 0 Å². The van der Waals surface area contributed by atoms with Crippen LogP contribution in [0.3, 0.4) is 0 Å². The molecule has 1 N–H and O–H groups in total. The van der Waals surface area contributed by atoms with Gasteiger partial charge in [-0.25, -0.2) is 4.98 Å². The smallest absolute Gasteiger partial charge is 0.169 e. The number of nitrogens with zero attached hydrogens (tertiary/aromatic N) is 1. The van der Waals surface area contributed by atoms with Crippen LogP contribution in [0.4, 0.5) is 0 Å². The zero-order valence-corrected chi connectivity index (χ0v) is 11.6. The molecule has 0 aliphatic carbocycles. The van der Waals surface area contributed by atoms with Gasteiger partial charge in [0.05, 0.1) is 12.6 Å². The van der Waals surface area contributed by atoms with Crippen LogP contribution in [0, 0.1) is 6.92 Å². The standard InChI is InChI=1S/C11H13BrN2OS/c1-7-6-16-11(14-7)8(2)13-5-9-3-4-10(12)15-9/h3-4,6,8,13H,5H2,1-2H3. The quantitative estimate of drug-likeness (QED) is 0.936. The molecule has 0 saturated carbocycles. The number of thiazole rings is 1. The molecule has 1 unspecified atom stereocenters. The van der Waals surface area contributed by atoms with E-state index in [0.29, 0.717) is 6.54 Å². The van der Waals surface area contributed by atoms with E-state index >= 15 is 0 Å². The Labute approximate surface area is 107 Å². The van der Waals surface area contributed by atoms with Crippen molar-refractivity contribution in [2.75, 3.05) is 0 Å². The normalized spacial score (nSPS) is 12.9. The minimum atomic E-state index is 0.252. The van der Waals surface area contributed by atoms with Gasteiger partial charge in [0.1, 0.15) is 10.8 Å². The molecule has 86 valence electrons. The molecule has 2 aromatic rings. The molecule has 0 bridgehead atoms. The second kappa shape index (κ2) is 5.12. The van der Waals surface area contributed by atoms with E-state index in [2.05, 4.69) is 38.5 Å². The summed E-state index contributed by atoms with van der Waals surface area (Å²) in [6, 6.07) is 4.11. The molecule has 0 saturated heterocycles. The van der Waals surface area contributed by atoms with Crippen LogP contribution in [0.15, 0.2) is 26.6 Å². The molecule has 0 aliphatic rings. The van der Waals surface area contributed by atoms with E-state index in [4.69, 9.17) is 4.42 Å². The summed E-state index contributed by atoms with van der Waals surface area (Å²) in [6.45, 7) is 4.83.